The first-order valence-corrected chi connectivity index (χ1v) is 10.9. The highest BCUT2D eigenvalue weighted by Gasteiger charge is 2.30. The highest BCUT2D eigenvalue weighted by atomic mass is 16.6. The van der Waals surface area contributed by atoms with Gasteiger partial charge in [0.25, 0.3) is 11.6 Å². The summed E-state index contributed by atoms with van der Waals surface area (Å²) in [5.41, 5.74) is 0.547. The van der Waals surface area contributed by atoms with E-state index in [1.807, 2.05) is 20.8 Å². The molecule has 1 saturated heterocycles. The number of hydrogen-bond donors (Lipinski definition) is 0. The molecule has 1 aliphatic rings. The maximum Gasteiger partial charge on any atom is 0.410 e. The molecule has 11 nitrogen and oxygen atoms in total. The van der Waals surface area contributed by atoms with Crippen molar-refractivity contribution in [3.8, 4) is 5.69 Å². The van der Waals surface area contributed by atoms with Gasteiger partial charge in [-0.25, -0.2) is 9.48 Å². The molecule has 0 radical (unpaired) electrons. The number of carbonyl (C=O) groups excluding carboxylic acids is 2. The molecule has 11 heteroatoms. The molecule has 3 rings (SSSR count). The van der Waals surface area contributed by atoms with Crippen molar-refractivity contribution >= 4 is 17.7 Å². The van der Waals surface area contributed by atoms with Gasteiger partial charge in [-0.2, -0.15) is 0 Å². The first kappa shape index (κ1) is 24.1. The lowest BCUT2D eigenvalue weighted by molar-refractivity contribution is -0.384. The fourth-order valence-electron chi connectivity index (χ4n) is 3.86. The number of nitrogens with zero attached hydrogens (tertiary/aromatic N) is 6. The van der Waals surface area contributed by atoms with Crippen LogP contribution in [0, 0.1) is 23.0 Å². The molecule has 2 heterocycles. The number of hydrogen-bond acceptors (Lipinski definition) is 7. The summed E-state index contributed by atoms with van der Waals surface area (Å²) in [7, 11) is 1.70. The predicted molar refractivity (Wildman–Crippen MR) is 120 cm³/mol. The van der Waals surface area contributed by atoms with Gasteiger partial charge in [0.05, 0.1) is 16.3 Å². The van der Waals surface area contributed by atoms with Gasteiger partial charge in [-0.1, -0.05) is 11.3 Å². The summed E-state index contributed by atoms with van der Waals surface area (Å²) in [4.78, 5) is 39.3. The van der Waals surface area contributed by atoms with Crippen LogP contribution in [0.25, 0.3) is 5.69 Å². The van der Waals surface area contributed by atoms with Gasteiger partial charge in [0.1, 0.15) is 5.60 Å². The maximum atomic E-state index is 13.2. The van der Waals surface area contributed by atoms with Crippen molar-refractivity contribution in [1.29, 1.82) is 0 Å². The fourth-order valence-corrected chi connectivity index (χ4v) is 3.86. The number of nitro groups is 1. The number of likely N-dealkylation sites (tertiary alicyclic amines) is 1. The summed E-state index contributed by atoms with van der Waals surface area (Å²) in [6.45, 7) is 8.75. The Labute approximate surface area is 192 Å². The molecule has 33 heavy (non-hydrogen) atoms. The second-order valence-corrected chi connectivity index (χ2v) is 9.33. The molecule has 0 aliphatic carbocycles. The normalized spacial score (nSPS) is 16.4. The number of aromatic nitrogens is 3. The summed E-state index contributed by atoms with van der Waals surface area (Å²) in [5, 5.41) is 19.2. The van der Waals surface area contributed by atoms with Crippen LogP contribution in [0.15, 0.2) is 24.3 Å². The van der Waals surface area contributed by atoms with Crippen molar-refractivity contribution in [2.75, 3.05) is 26.7 Å². The predicted octanol–water partition coefficient (Wildman–Crippen LogP) is 3.20. The maximum absolute atomic E-state index is 13.2. The van der Waals surface area contributed by atoms with E-state index in [-0.39, 0.29) is 29.3 Å². The number of carbonyl (C=O) groups is 2. The van der Waals surface area contributed by atoms with Crippen LogP contribution >= 0.6 is 0 Å². The number of ether oxygens (including phenoxy) is 1. The molecular formula is C22H30N6O5. The van der Waals surface area contributed by atoms with Crippen LogP contribution in [0.1, 0.15) is 49.8 Å². The Morgan fingerprint density at radius 3 is 2.73 bits per heavy atom. The lowest BCUT2D eigenvalue weighted by Crippen LogP contribution is -2.45. The quantitative estimate of drug-likeness (QED) is 0.498. The highest BCUT2D eigenvalue weighted by Crippen LogP contribution is 2.22. The fraction of sp³-hybridized carbons (Fsp3) is 0.545. The molecule has 0 N–H and O–H groups in total. The number of non-ortho nitro benzene ring substituents is 1. The summed E-state index contributed by atoms with van der Waals surface area (Å²) in [5.74, 6) is -0.124. The van der Waals surface area contributed by atoms with Crippen LogP contribution in [0.3, 0.4) is 0 Å². The van der Waals surface area contributed by atoms with Crippen LogP contribution in [-0.4, -0.2) is 74.0 Å². The van der Waals surface area contributed by atoms with E-state index in [9.17, 15) is 19.7 Å². The van der Waals surface area contributed by atoms with Crippen LogP contribution in [0.4, 0.5) is 10.5 Å². The topological polar surface area (TPSA) is 124 Å². The molecule has 2 amide bonds. The van der Waals surface area contributed by atoms with E-state index in [0.29, 0.717) is 31.0 Å². The molecule has 0 bridgehead atoms. The summed E-state index contributed by atoms with van der Waals surface area (Å²) in [6, 6.07) is 6.02. The van der Waals surface area contributed by atoms with Crippen molar-refractivity contribution in [2.24, 2.45) is 5.92 Å². The highest BCUT2D eigenvalue weighted by molar-refractivity contribution is 5.93. The molecule has 2 aromatic rings. The number of piperidine rings is 1. The molecule has 0 saturated carbocycles. The Hall–Kier alpha value is -3.50. The van der Waals surface area contributed by atoms with Crippen molar-refractivity contribution in [3.63, 3.8) is 0 Å². The minimum absolute atomic E-state index is 0.0664. The van der Waals surface area contributed by atoms with E-state index in [0.717, 1.165) is 12.8 Å². The average Bonchev–Trinajstić information content (AvgIpc) is 3.13. The van der Waals surface area contributed by atoms with E-state index in [1.54, 1.807) is 35.9 Å². The van der Waals surface area contributed by atoms with Gasteiger partial charge >= 0.3 is 6.09 Å². The lowest BCUT2D eigenvalue weighted by Gasteiger charge is -2.34. The second kappa shape index (κ2) is 9.55. The largest absolute Gasteiger partial charge is 0.444 e. The molecule has 1 fully saturated rings. The van der Waals surface area contributed by atoms with E-state index in [4.69, 9.17) is 4.74 Å². The van der Waals surface area contributed by atoms with Crippen molar-refractivity contribution < 1.29 is 19.2 Å². The van der Waals surface area contributed by atoms with Gasteiger partial charge in [-0.15, -0.1) is 5.10 Å². The van der Waals surface area contributed by atoms with Gasteiger partial charge < -0.3 is 14.5 Å². The Morgan fingerprint density at radius 2 is 2.06 bits per heavy atom. The van der Waals surface area contributed by atoms with E-state index in [1.165, 1.54) is 16.8 Å². The third kappa shape index (κ3) is 5.85. The molecule has 1 atom stereocenters. The first-order valence-electron chi connectivity index (χ1n) is 10.9. The molecule has 1 aliphatic heterocycles. The number of nitro benzene ring substituents is 1. The van der Waals surface area contributed by atoms with Crippen LogP contribution in [0.5, 0.6) is 0 Å². The zero-order valence-corrected chi connectivity index (χ0v) is 19.6. The minimum atomic E-state index is -0.567. The van der Waals surface area contributed by atoms with Crippen LogP contribution < -0.4 is 0 Å². The molecule has 0 spiro atoms. The zero-order valence-electron chi connectivity index (χ0n) is 19.6. The summed E-state index contributed by atoms with van der Waals surface area (Å²) >= 11 is 0. The van der Waals surface area contributed by atoms with E-state index >= 15 is 0 Å². The lowest BCUT2D eigenvalue weighted by atomic mass is 9.97. The molecular weight excluding hydrogens is 428 g/mol. The minimum Gasteiger partial charge on any atom is -0.444 e. The average molecular weight is 459 g/mol. The molecule has 178 valence electrons. The Balaban J connectivity index is 1.70. The second-order valence-electron chi connectivity index (χ2n) is 9.33. The smallest absolute Gasteiger partial charge is 0.410 e. The van der Waals surface area contributed by atoms with E-state index < -0.39 is 10.5 Å². The molecule has 1 aromatic heterocycles. The zero-order chi connectivity index (χ0) is 24.3. The number of benzene rings is 1. The van der Waals surface area contributed by atoms with Crippen LogP contribution in [-0.2, 0) is 4.74 Å². The Kier molecular flexibility index (Phi) is 6.99. The summed E-state index contributed by atoms with van der Waals surface area (Å²) in [6.07, 6.45) is 1.33. The Morgan fingerprint density at radius 1 is 1.33 bits per heavy atom. The first-order chi connectivity index (χ1) is 15.5. The van der Waals surface area contributed by atoms with Gasteiger partial charge in [-0.3, -0.25) is 14.9 Å². The monoisotopic (exact) mass is 458 g/mol. The number of amides is 2. The van der Waals surface area contributed by atoms with Gasteiger partial charge in [0, 0.05) is 38.8 Å². The van der Waals surface area contributed by atoms with Gasteiger partial charge in [0.15, 0.2) is 5.69 Å². The third-order valence-electron chi connectivity index (χ3n) is 5.43. The third-order valence-corrected chi connectivity index (χ3v) is 5.43. The number of rotatable bonds is 5. The van der Waals surface area contributed by atoms with Crippen molar-refractivity contribution in [3.05, 3.63) is 45.8 Å². The van der Waals surface area contributed by atoms with E-state index in [2.05, 4.69) is 10.3 Å². The van der Waals surface area contributed by atoms with Gasteiger partial charge in [0.2, 0.25) is 0 Å². The Bertz CT molecular complexity index is 1040. The van der Waals surface area contributed by atoms with Crippen molar-refractivity contribution in [1.82, 2.24) is 24.8 Å². The van der Waals surface area contributed by atoms with Crippen molar-refractivity contribution in [2.45, 2.75) is 46.1 Å². The summed E-state index contributed by atoms with van der Waals surface area (Å²) < 4.78 is 6.84. The molecule has 1 aromatic carbocycles. The standard InChI is InChI=1S/C22H30N6O5/c1-15-19(23-24-27(15)17-9-6-10-18(12-17)28(31)32)20(29)26-11-7-8-16(14-26)13-25(5)21(30)33-22(2,3)4/h6,9-10,12,16H,7-8,11,13-14H2,1-5H3. The van der Waals surface area contributed by atoms with Crippen LogP contribution in [0.2, 0.25) is 0 Å². The van der Waals surface area contributed by atoms with Gasteiger partial charge in [-0.05, 0) is 52.5 Å². The molecule has 1 unspecified atom stereocenters. The SMILES string of the molecule is Cc1c(C(=O)N2CCCC(CN(C)C(=O)OC(C)(C)C)C2)nnn1-c1cccc([N+](=O)[O-])c1.